The van der Waals surface area contributed by atoms with E-state index in [-0.39, 0.29) is 5.92 Å². The fraction of sp³-hybridized carbons (Fsp3) is 0.368. The number of hydrogen-bond acceptors (Lipinski definition) is 2. The van der Waals surface area contributed by atoms with Crippen LogP contribution in [0.3, 0.4) is 0 Å². The van der Waals surface area contributed by atoms with Gasteiger partial charge in [-0.3, -0.25) is 0 Å². The minimum Gasteiger partial charge on any atom is -0.384 e. The van der Waals surface area contributed by atoms with Crippen LogP contribution in [0.15, 0.2) is 60.7 Å². The van der Waals surface area contributed by atoms with Crippen LogP contribution in [0.5, 0.6) is 0 Å². The molecule has 2 rings (SSSR count). The van der Waals surface area contributed by atoms with Crippen LogP contribution in [0.1, 0.15) is 18.1 Å². The Morgan fingerprint density at radius 3 is 2.00 bits per heavy atom. The number of aliphatic hydroxyl groups is 1. The van der Waals surface area contributed by atoms with Gasteiger partial charge in [0, 0.05) is 6.54 Å². The molecule has 0 saturated carbocycles. The maximum absolute atomic E-state index is 11.3. The van der Waals surface area contributed by atoms with Crippen LogP contribution >= 0.6 is 0 Å². The van der Waals surface area contributed by atoms with Gasteiger partial charge in [-0.25, -0.2) is 0 Å². The molecule has 0 aromatic heterocycles. The van der Waals surface area contributed by atoms with Crippen molar-refractivity contribution in [3.63, 3.8) is 0 Å². The van der Waals surface area contributed by atoms with E-state index in [2.05, 4.69) is 36.1 Å². The molecule has 0 aliphatic carbocycles. The number of rotatable bonds is 6. The number of likely N-dealkylation sites (N-methyl/N-ethyl adjacent to an activating group) is 1. The summed E-state index contributed by atoms with van der Waals surface area (Å²) < 4.78 is 0. The molecule has 21 heavy (non-hydrogen) atoms. The van der Waals surface area contributed by atoms with E-state index in [0.717, 1.165) is 12.0 Å². The highest BCUT2D eigenvalue weighted by molar-refractivity contribution is 5.25. The van der Waals surface area contributed by atoms with Gasteiger partial charge in [0.1, 0.15) is 5.60 Å². The highest BCUT2D eigenvalue weighted by Gasteiger charge is 2.36. The first kappa shape index (κ1) is 15.7. The third-order valence-electron chi connectivity index (χ3n) is 4.03. The SMILES string of the molecule is CC(Cc1ccccc1)C(O)(CN(C)C)c1ccccc1. The second-order valence-electron chi connectivity index (χ2n) is 6.12. The molecule has 2 aromatic rings. The van der Waals surface area contributed by atoms with Gasteiger partial charge < -0.3 is 10.0 Å². The normalized spacial score (nSPS) is 15.7. The van der Waals surface area contributed by atoms with Crippen LogP contribution in [0.2, 0.25) is 0 Å². The fourth-order valence-corrected chi connectivity index (χ4v) is 2.88. The first-order valence-corrected chi connectivity index (χ1v) is 7.49. The topological polar surface area (TPSA) is 23.5 Å². The molecule has 1 N–H and O–H groups in total. The number of hydrogen-bond donors (Lipinski definition) is 1. The lowest BCUT2D eigenvalue weighted by atomic mass is 9.78. The Labute approximate surface area is 128 Å². The van der Waals surface area contributed by atoms with Gasteiger partial charge in [0.15, 0.2) is 0 Å². The van der Waals surface area contributed by atoms with Gasteiger partial charge in [0.05, 0.1) is 0 Å². The van der Waals surface area contributed by atoms with Crippen LogP contribution in [0.4, 0.5) is 0 Å². The van der Waals surface area contributed by atoms with E-state index in [9.17, 15) is 5.11 Å². The Balaban J connectivity index is 2.27. The first-order chi connectivity index (χ1) is 10.0. The zero-order valence-electron chi connectivity index (χ0n) is 13.2. The minimum absolute atomic E-state index is 0.129. The molecule has 0 radical (unpaired) electrons. The summed E-state index contributed by atoms with van der Waals surface area (Å²) in [7, 11) is 4.01. The molecule has 0 aliphatic heterocycles. The molecule has 2 nitrogen and oxygen atoms in total. The smallest absolute Gasteiger partial charge is 0.105 e. The summed E-state index contributed by atoms with van der Waals surface area (Å²) in [6.07, 6.45) is 0.861. The molecule has 0 bridgehead atoms. The monoisotopic (exact) mass is 283 g/mol. The zero-order chi connectivity index (χ0) is 15.3. The number of benzene rings is 2. The lowest BCUT2D eigenvalue weighted by Crippen LogP contribution is -2.43. The van der Waals surface area contributed by atoms with Gasteiger partial charge in [-0.15, -0.1) is 0 Å². The molecule has 0 amide bonds. The maximum Gasteiger partial charge on any atom is 0.105 e. The van der Waals surface area contributed by atoms with Crippen LogP contribution < -0.4 is 0 Å². The third-order valence-corrected chi connectivity index (χ3v) is 4.03. The predicted octanol–water partition coefficient (Wildman–Crippen LogP) is 3.31. The summed E-state index contributed by atoms with van der Waals surface area (Å²) in [5.41, 5.74) is 1.40. The van der Waals surface area contributed by atoms with Crippen molar-refractivity contribution in [2.24, 2.45) is 5.92 Å². The van der Waals surface area contributed by atoms with Crippen molar-refractivity contribution < 1.29 is 5.11 Å². The average molecular weight is 283 g/mol. The number of nitrogens with zero attached hydrogens (tertiary/aromatic N) is 1. The van der Waals surface area contributed by atoms with Gasteiger partial charge in [-0.1, -0.05) is 67.6 Å². The maximum atomic E-state index is 11.3. The quantitative estimate of drug-likeness (QED) is 0.879. The van der Waals surface area contributed by atoms with E-state index in [1.807, 2.05) is 50.5 Å². The molecule has 2 heteroatoms. The second kappa shape index (κ2) is 6.88. The Morgan fingerprint density at radius 2 is 1.48 bits per heavy atom. The van der Waals surface area contributed by atoms with Crippen molar-refractivity contribution in [1.82, 2.24) is 4.90 Å². The van der Waals surface area contributed by atoms with Crippen molar-refractivity contribution in [2.75, 3.05) is 20.6 Å². The van der Waals surface area contributed by atoms with Crippen LogP contribution in [0, 0.1) is 5.92 Å². The lowest BCUT2D eigenvalue weighted by Gasteiger charge is -2.37. The molecule has 112 valence electrons. The summed E-state index contributed by atoms with van der Waals surface area (Å²) in [6, 6.07) is 20.4. The molecule has 0 aliphatic rings. The van der Waals surface area contributed by atoms with Gasteiger partial charge in [0.2, 0.25) is 0 Å². The van der Waals surface area contributed by atoms with E-state index in [4.69, 9.17) is 0 Å². The molecule has 2 unspecified atom stereocenters. The van der Waals surface area contributed by atoms with Crippen LogP contribution in [0.25, 0.3) is 0 Å². The highest BCUT2D eigenvalue weighted by atomic mass is 16.3. The lowest BCUT2D eigenvalue weighted by molar-refractivity contribution is -0.0369. The molecule has 0 heterocycles. The van der Waals surface area contributed by atoms with E-state index in [1.165, 1.54) is 5.56 Å². The van der Waals surface area contributed by atoms with E-state index in [1.54, 1.807) is 0 Å². The summed E-state index contributed by atoms with van der Waals surface area (Å²) in [5, 5.41) is 11.3. The van der Waals surface area contributed by atoms with Crippen molar-refractivity contribution in [3.8, 4) is 0 Å². The first-order valence-electron chi connectivity index (χ1n) is 7.49. The summed E-state index contributed by atoms with van der Waals surface area (Å²) in [6.45, 7) is 2.74. The molecule has 0 fully saturated rings. The summed E-state index contributed by atoms with van der Waals surface area (Å²) in [5.74, 6) is 0.129. The molecule has 2 atom stereocenters. The predicted molar refractivity (Wildman–Crippen MR) is 88.2 cm³/mol. The van der Waals surface area contributed by atoms with E-state index >= 15 is 0 Å². The van der Waals surface area contributed by atoms with Gasteiger partial charge in [-0.05, 0) is 37.6 Å². The van der Waals surface area contributed by atoms with E-state index in [0.29, 0.717) is 6.54 Å². The Kier molecular flexibility index (Phi) is 5.16. The summed E-state index contributed by atoms with van der Waals surface area (Å²) >= 11 is 0. The van der Waals surface area contributed by atoms with E-state index < -0.39 is 5.60 Å². The minimum atomic E-state index is -0.847. The second-order valence-corrected chi connectivity index (χ2v) is 6.12. The third kappa shape index (κ3) is 3.93. The van der Waals surface area contributed by atoms with Crippen molar-refractivity contribution in [2.45, 2.75) is 18.9 Å². The Morgan fingerprint density at radius 1 is 0.952 bits per heavy atom. The fourth-order valence-electron chi connectivity index (χ4n) is 2.88. The average Bonchev–Trinajstić information content (AvgIpc) is 2.48. The molecular formula is C19H25NO. The molecular weight excluding hydrogens is 258 g/mol. The molecule has 2 aromatic carbocycles. The standard InChI is InChI=1S/C19H25NO/c1-16(14-17-10-6-4-7-11-17)19(21,15-20(2)3)18-12-8-5-9-13-18/h4-13,16,21H,14-15H2,1-3H3. The van der Waals surface area contributed by atoms with Gasteiger partial charge in [-0.2, -0.15) is 0 Å². The summed E-state index contributed by atoms with van der Waals surface area (Å²) in [4.78, 5) is 2.05. The Hall–Kier alpha value is -1.64. The Bertz CT molecular complexity index is 538. The molecule has 0 saturated heterocycles. The van der Waals surface area contributed by atoms with Gasteiger partial charge >= 0.3 is 0 Å². The van der Waals surface area contributed by atoms with Crippen molar-refractivity contribution >= 4 is 0 Å². The van der Waals surface area contributed by atoms with Gasteiger partial charge in [0.25, 0.3) is 0 Å². The van der Waals surface area contributed by atoms with Crippen molar-refractivity contribution in [3.05, 3.63) is 71.8 Å². The molecule has 0 spiro atoms. The van der Waals surface area contributed by atoms with Crippen molar-refractivity contribution in [1.29, 1.82) is 0 Å². The highest BCUT2D eigenvalue weighted by Crippen LogP contribution is 2.32. The largest absolute Gasteiger partial charge is 0.384 e. The van der Waals surface area contributed by atoms with Crippen LogP contribution in [-0.2, 0) is 12.0 Å². The van der Waals surface area contributed by atoms with Crippen LogP contribution in [-0.4, -0.2) is 30.6 Å². The zero-order valence-corrected chi connectivity index (χ0v) is 13.2.